The van der Waals surface area contributed by atoms with Gasteiger partial charge in [-0.05, 0) is 58.7 Å². The molecule has 28 heavy (non-hydrogen) atoms. The zero-order valence-corrected chi connectivity index (χ0v) is 15.6. The van der Waals surface area contributed by atoms with Crippen LogP contribution in [0.3, 0.4) is 0 Å². The van der Waals surface area contributed by atoms with Gasteiger partial charge in [-0.15, -0.1) is 0 Å². The molecule has 0 radical (unpaired) electrons. The Bertz CT molecular complexity index is 1030. The predicted molar refractivity (Wildman–Crippen MR) is 111 cm³/mol. The van der Waals surface area contributed by atoms with Crippen molar-refractivity contribution in [3.05, 3.63) is 101 Å². The standard InChI is InChI=1S/C25H20O3/c1-28-25(27)23-16-10-19(11-17-23)6-2-3-7-21-8-4-5-9-24(21)22-14-12-20(18-26)13-15-22/h3-5,7-17,26H,18H2,1H3/b7-3+. The third-order valence-electron chi connectivity index (χ3n) is 4.28. The second kappa shape index (κ2) is 9.36. The van der Waals surface area contributed by atoms with Gasteiger partial charge < -0.3 is 9.84 Å². The minimum atomic E-state index is -0.358. The van der Waals surface area contributed by atoms with E-state index >= 15 is 0 Å². The number of allylic oxidation sites excluding steroid dienone is 1. The first-order valence-electron chi connectivity index (χ1n) is 8.87. The van der Waals surface area contributed by atoms with Crippen LogP contribution in [0.15, 0.2) is 78.9 Å². The summed E-state index contributed by atoms with van der Waals surface area (Å²) in [4.78, 5) is 11.4. The van der Waals surface area contributed by atoms with Crippen molar-refractivity contribution < 1.29 is 14.6 Å². The minimum absolute atomic E-state index is 0.0397. The Morgan fingerprint density at radius 3 is 2.39 bits per heavy atom. The van der Waals surface area contributed by atoms with Gasteiger partial charge in [-0.3, -0.25) is 0 Å². The molecule has 3 aromatic rings. The molecule has 0 bridgehead atoms. The van der Waals surface area contributed by atoms with Gasteiger partial charge in [-0.1, -0.05) is 60.4 Å². The first-order chi connectivity index (χ1) is 13.7. The van der Waals surface area contributed by atoms with E-state index in [0.29, 0.717) is 5.56 Å². The van der Waals surface area contributed by atoms with Gasteiger partial charge in [0.05, 0.1) is 19.3 Å². The largest absolute Gasteiger partial charge is 0.465 e. The van der Waals surface area contributed by atoms with E-state index < -0.39 is 0 Å². The van der Waals surface area contributed by atoms with Crippen LogP contribution in [-0.4, -0.2) is 18.2 Å². The van der Waals surface area contributed by atoms with Crippen LogP contribution in [0.25, 0.3) is 17.2 Å². The normalized spacial score (nSPS) is 10.4. The fourth-order valence-electron chi connectivity index (χ4n) is 2.76. The summed E-state index contributed by atoms with van der Waals surface area (Å²) in [6.07, 6.45) is 3.79. The molecule has 3 nitrogen and oxygen atoms in total. The number of hydrogen-bond donors (Lipinski definition) is 1. The molecule has 0 heterocycles. The molecule has 1 N–H and O–H groups in total. The molecule has 0 unspecified atom stereocenters. The average Bonchev–Trinajstić information content (AvgIpc) is 2.77. The topological polar surface area (TPSA) is 46.5 Å². The summed E-state index contributed by atoms with van der Waals surface area (Å²) in [6, 6.07) is 22.9. The molecule has 0 amide bonds. The first kappa shape index (κ1) is 19.2. The van der Waals surface area contributed by atoms with Crippen LogP contribution < -0.4 is 0 Å². The third-order valence-corrected chi connectivity index (χ3v) is 4.28. The SMILES string of the molecule is COC(=O)c1ccc(C#C/C=C/c2ccccc2-c2ccc(CO)cc2)cc1. The number of methoxy groups -OCH3 is 1. The quantitative estimate of drug-likeness (QED) is 0.536. The minimum Gasteiger partial charge on any atom is -0.465 e. The van der Waals surface area contributed by atoms with Gasteiger partial charge in [0.2, 0.25) is 0 Å². The molecule has 0 fully saturated rings. The van der Waals surface area contributed by atoms with Crippen molar-refractivity contribution in [3.63, 3.8) is 0 Å². The van der Waals surface area contributed by atoms with Crippen molar-refractivity contribution in [2.75, 3.05) is 7.11 Å². The smallest absolute Gasteiger partial charge is 0.337 e. The number of ether oxygens (including phenoxy) is 1. The van der Waals surface area contributed by atoms with Gasteiger partial charge in [0.25, 0.3) is 0 Å². The number of aliphatic hydroxyl groups is 1. The number of carbonyl (C=O) groups is 1. The molecule has 0 atom stereocenters. The van der Waals surface area contributed by atoms with E-state index in [2.05, 4.69) is 22.6 Å². The molecule has 0 aliphatic rings. The number of rotatable bonds is 4. The first-order valence-corrected chi connectivity index (χ1v) is 8.87. The molecule has 0 saturated heterocycles. The number of carbonyl (C=O) groups excluding carboxylic acids is 1. The second-order valence-electron chi connectivity index (χ2n) is 6.11. The summed E-state index contributed by atoms with van der Waals surface area (Å²) in [5.74, 6) is 5.73. The lowest BCUT2D eigenvalue weighted by Crippen LogP contribution is -2.00. The molecular formula is C25H20O3. The van der Waals surface area contributed by atoms with E-state index in [1.165, 1.54) is 7.11 Å². The zero-order chi connectivity index (χ0) is 19.8. The number of aliphatic hydroxyl groups excluding tert-OH is 1. The monoisotopic (exact) mass is 368 g/mol. The van der Waals surface area contributed by atoms with Gasteiger partial charge >= 0.3 is 5.97 Å². The van der Waals surface area contributed by atoms with Gasteiger partial charge in [0.1, 0.15) is 0 Å². The highest BCUT2D eigenvalue weighted by molar-refractivity contribution is 5.89. The lowest BCUT2D eigenvalue weighted by Gasteiger charge is -2.06. The van der Waals surface area contributed by atoms with Gasteiger partial charge in [-0.2, -0.15) is 0 Å². The van der Waals surface area contributed by atoms with Crippen LogP contribution in [0.4, 0.5) is 0 Å². The summed E-state index contributed by atoms with van der Waals surface area (Å²) >= 11 is 0. The van der Waals surface area contributed by atoms with E-state index in [1.54, 1.807) is 24.3 Å². The number of benzene rings is 3. The van der Waals surface area contributed by atoms with Crippen LogP contribution in [0.5, 0.6) is 0 Å². The fourth-order valence-corrected chi connectivity index (χ4v) is 2.76. The van der Waals surface area contributed by atoms with Crippen LogP contribution >= 0.6 is 0 Å². The van der Waals surface area contributed by atoms with Crippen molar-refractivity contribution >= 4 is 12.0 Å². The van der Waals surface area contributed by atoms with Crippen LogP contribution in [-0.2, 0) is 11.3 Å². The lowest BCUT2D eigenvalue weighted by atomic mass is 9.98. The third kappa shape index (κ3) is 4.76. The van der Waals surface area contributed by atoms with Gasteiger partial charge in [0.15, 0.2) is 0 Å². The summed E-state index contributed by atoms with van der Waals surface area (Å²) in [7, 11) is 1.36. The van der Waals surface area contributed by atoms with Gasteiger partial charge in [-0.25, -0.2) is 4.79 Å². The highest BCUT2D eigenvalue weighted by Crippen LogP contribution is 2.25. The molecule has 138 valence electrons. The molecule has 3 rings (SSSR count). The zero-order valence-electron chi connectivity index (χ0n) is 15.6. The van der Waals surface area contributed by atoms with E-state index in [0.717, 1.165) is 27.8 Å². The van der Waals surface area contributed by atoms with E-state index in [-0.39, 0.29) is 12.6 Å². The van der Waals surface area contributed by atoms with E-state index in [4.69, 9.17) is 0 Å². The molecule has 0 saturated carbocycles. The molecule has 3 heteroatoms. The number of hydrogen-bond acceptors (Lipinski definition) is 3. The Morgan fingerprint density at radius 2 is 1.71 bits per heavy atom. The predicted octanol–water partition coefficient (Wildman–Crippen LogP) is 4.70. The average molecular weight is 368 g/mol. The van der Waals surface area contributed by atoms with E-state index in [9.17, 15) is 9.90 Å². The second-order valence-corrected chi connectivity index (χ2v) is 6.11. The number of esters is 1. The maximum absolute atomic E-state index is 11.4. The van der Waals surface area contributed by atoms with Crippen molar-refractivity contribution in [3.8, 4) is 23.0 Å². The van der Waals surface area contributed by atoms with Gasteiger partial charge in [0, 0.05) is 5.56 Å². The molecule has 0 aromatic heterocycles. The van der Waals surface area contributed by atoms with E-state index in [1.807, 2.05) is 54.6 Å². The van der Waals surface area contributed by atoms with Crippen LogP contribution in [0.2, 0.25) is 0 Å². The molecule has 0 aliphatic carbocycles. The Balaban J connectivity index is 1.77. The van der Waals surface area contributed by atoms with Crippen LogP contribution in [0, 0.1) is 11.8 Å². The Labute approximate surface area is 164 Å². The summed E-state index contributed by atoms with van der Waals surface area (Å²) in [5.41, 5.74) is 5.47. The summed E-state index contributed by atoms with van der Waals surface area (Å²) in [5, 5.41) is 9.20. The highest BCUT2D eigenvalue weighted by Gasteiger charge is 2.03. The molecular weight excluding hydrogens is 348 g/mol. The highest BCUT2D eigenvalue weighted by atomic mass is 16.5. The maximum atomic E-state index is 11.4. The Hall–Kier alpha value is -3.61. The lowest BCUT2D eigenvalue weighted by molar-refractivity contribution is 0.0600. The fraction of sp³-hybridized carbons (Fsp3) is 0.0800. The van der Waals surface area contributed by atoms with Crippen molar-refractivity contribution in [2.24, 2.45) is 0 Å². The van der Waals surface area contributed by atoms with Crippen LogP contribution in [0.1, 0.15) is 27.0 Å². The Morgan fingerprint density at radius 1 is 1.00 bits per heavy atom. The van der Waals surface area contributed by atoms with Crippen molar-refractivity contribution in [1.29, 1.82) is 0 Å². The summed E-state index contributed by atoms with van der Waals surface area (Å²) in [6.45, 7) is 0.0397. The summed E-state index contributed by atoms with van der Waals surface area (Å²) < 4.78 is 4.69. The van der Waals surface area contributed by atoms with Crippen molar-refractivity contribution in [1.82, 2.24) is 0 Å². The van der Waals surface area contributed by atoms with Crippen molar-refractivity contribution in [2.45, 2.75) is 6.61 Å². The Kier molecular flexibility index (Phi) is 6.41. The maximum Gasteiger partial charge on any atom is 0.337 e. The molecule has 3 aromatic carbocycles. The molecule has 0 aliphatic heterocycles. The molecule has 0 spiro atoms.